The zero-order valence-electron chi connectivity index (χ0n) is 6.21. The van der Waals surface area contributed by atoms with Crippen molar-refractivity contribution in [1.82, 2.24) is 4.98 Å². The van der Waals surface area contributed by atoms with Crippen molar-refractivity contribution in [2.75, 3.05) is 0 Å². The SMILES string of the molecule is N#CCC#Cc1cccnc1Br. The van der Waals surface area contributed by atoms with Crippen molar-refractivity contribution in [1.29, 1.82) is 5.26 Å². The van der Waals surface area contributed by atoms with E-state index < -0.39 is 0 Å². The van der Waals surface area contributed by atoms with E-state index in [0.29, 0.717) is 0 Å². The van der Waals surface area contributed by atoms with Gasteiger partial charge in [0.1, 0.15) is 4.60 Å². The van der Waals surface area contributed by atoms with E-state index in [1.807, 2.05) is 12.1 Å². The van der Waals surface area contributed by atoms with Gasteiger partial charge in [0.05, 0.1) is 18.1 Å². The molecule has 0 bridgehead atoms. The molecule has 0 radical (unpaired) electrons. The predicted molar refractivity (Wildman–Crippen MR) is 49.0 cm³/mol. The molecule has 0 unspecified atom stereocenters. The second kappa shape index (κ2) is 4.54. The van der Waals surface area contributed by atoms with Crippen LogP contribution >= 0.6 is 15.9 Å². The Bertz CT molecular complexity index is 368. The normalized spacial score (nSPS) is 8.00. The van der Waals surface area contributed by atoms with E-state index in [9.17, 15) is 0 Å². The summed E-state index contributed by atoms with van der Waals surface area (Å²) in [6.07, 6.45) is 1.93. The van der Waals surface area contributed by atoms with E-state index in [-0.39, 0.29) is 6.42 Å². The molecular weight excluding hydrogens is 216 g/mol. The zero-order chi connectivity index (χ0) is 8.81. The van der Waals surface area contributed by atoms with Crippen molar-refractivity contribution in [3.05, 3.63) is 28.5 Å². The topological polar surface area (TPSA) is 36.7 Å². The minimum absolute atomic E-state index is 0.251. The maximum Gasteiger partial charge on any atom is 0.121 e. The fraction of sp³-hybridized carbons (Fsp3) is 0.111. The van der Waals surface area contributed by atoms with Gasteiger partial charge in [0, 0.05) is 6.20 Å². The number of hydrogen-bond donors (Lipinski definition) is 0. The fourth-order valence-electron chi connectivity index (χ4n) is 0.658. The first kappa shape index (κ1) is 8.77. The number of nitriles is 1. The quantitative estimate of drug-likeness (QED) is 0.496. The number of aromatic nitrogens is 1. The molecule has 0 atom stereocenters. The third kappa shape index (κ3) is 2.38. The monoisotopic (exact) mass is 220 g/mol. The van der Waals surface area contributed by atoms with Crippen LogP contribution < -0.4 is 0 Å². The summed E-state index contributed by atoms with van der Waals surface area (Å²) in [7, 11) is 0. The average Bonchev–Trinajstić information content (AvgIpc) is 2.09. The summed E-state index contributed by atoms with van der Waals surface area (Å²) in [5, 5.41) is 8.23. The molecule has 0 spiro atoms. The Balaban J connectivity index is 2.86. The first-order valence-electron chi connectivity index (χ1n) is 3.31. The Morgan fingerprint density at radius 3 is 3.08 bits per heavy atom. The summed E-state index contributed by atoms with van der Waals surface area (Å²) in [6, 6.07) is 5.60. The summed E-state index contributed by atoms with van der Waals surface area (Å²) >= 11 is 3.25. The lowest BCUT2D eigenvalue weighted by molar-refractivity contribution is 1.26. The molecule has 0 aliphatic carbocycles. The van der Waals surface area contributed by atoms with Crippen LogP contribution in [0.1, 0.15) is 12.0 Å². The molecule has 0 fully saturated rings. The Labute approximate surface area is 79.4 Å². The molecule has 58 valence electrons. The van der Waals surface area contributed by atoms with Crippen LogP contribution in [0.15, 0.2) is 22.9 Å². The lowest BCUT2D eigenvalue weighted by Gasteiger charge is -1.90. The lowest BCUT2D eigenvalue weighted by atomic mass is 10.3. The van der Waals surface area contributed by atoms with E-state index >= 15 is 0 Å². The van der Waals surface area contributed by atoms with Gasteiger partial charge in [-0.1, -0.05) is 11.8 Å². The van der Waals surface area contributed by atoms with Gasteiger partial charge in [0.2, 0.25) is 0 Å². The molecule has 1 heterocycles. The summed E-state index contributed by atoms with van der Waals surface area (Å²) in [4.78, 5) is 3.99. The maximum atomic E-state index is 8.23. The van der Waals surface area contributed by atoms with E-state index in [2.05, 4.69) is 32.8 Å². The van der Waals surface area contributed by atoms with Gasteiger partial charge in [-0.25, -0.2) is 4.98 Å². The molecule has 0 aliphatic heterocycles. The van der Waals surface area contributed by atoms with Crippen molar-refractivity contribution in [3.8, 4) is 17.9 Å². The van der Waals surface area contributed by atoms with Crippen molar-refractivity contribution >= 4 is 15.9 Å². The van der Waals surface area contributed by atoms with Crippen molar-refractivity contribution in [3.63, 3.8) is 0 Å². The zero-order valence-corrected chi connectivity index (χ0v) is 7.80. The summed E-state index contributed by atoms with van der Waals surface area (Å²) < 4.78 is 0.718. The van der Waals surface area contributed by atoms with Gasteiger partial charge in [-0.2, -0.15) is 5.26 Å². The molecule has 1 aromatic rings. The van der Waals surface area contributed by atoms with E-state index in [1.54, 1.807) is 12.3 Å². The van der Waals surface area contributed by atoms with Crippen molar-refractivity contribution in [2.24, 2.45) is 0 Å². The van der Waals surface area contributed by atoms with Crippen LogP contribution in [0.25, 0.3) is 0 Å². The number of halogens is 1. The van der Waals surface area contributed by atoms with Crippen LogP contribution in [-0.4, -0.2) is 4.98 Å². The highest BCUT2D eigenvalue weighted by Gasteiger charge is 1.92. The number of hydrogen-bond acceptors (Lipinski definition) is 2. The summed E-state index contributed by atoms with van der Waals surface area (Å²) in [6.45, 7) is 0. The first-order valence-corrected chi connectivity index (χ1v) is 4.10. The molecule has 0 aliphatic rings. The second-order valence-corrected chi connectivity index (χ2v) is 2.73. The molecule has 12 heavy (non-hydrogen) atoms. The molecule has 0 saturated carbocycles. The third-order valence-electron chi connectivity index (χ3n) is 1.15. The Hall–Kier alpha value is -1.32. The molecule has 3 heteroatoms. The highest BCUT2D eigenvalue weighted by atomic mass is 79.9. The number of nitrogens with zero attached hydrogens (tertiary/aromatic N) is 2. The smallest absolute Gasteiger partial charge is 0.121 e. The maximum absolute atomic E-state index is 8.23. The highest BCUT2D eigenvalue weighted by Crippen LogP contribution is 2.10. The Morgan fingerprint density at radius 1 is 1.58 bits per heavy atom. The van der Waals surface area contributed by atoms with Gasteiger partial charge in [-0.05, 0) is 28.1 Å². The minimum Gasteiger partial charge on any atom is -0.248 e. The molecule has 1 aromatic heterocycles. The van der Waals surface area contributed by atoms with Crippen LogP contribution in [0, 0.1) is 23.2 Å². The first-order chi connectivity index (χ1) is 5.84. The molecule has 0 amide bonds. The Morgan fingerprint density at radius 2 is 2.42 bits per heavy atom. The van der Waals surface area contributed by atoms with Gasteiger partial charge in [0.15, 0.2) is 0 Å². The predicted octanol–water partition coefficient (Wildman–Crippen LogP) is 2.11. The third-order valence-corrected chi connectivity index (χ3v) is 1.78. The molecule has 0 aromatic carbocycles. The van der Waals surface area contributed by atoms with Crippen LogP contribution in [0.4, 0.5) is 0 Å². The second-order valence-electron chi connectivity index (χ2n) is 1.98. The lowest BCUT2D eigenvalue weighted by Crippen LogP contribution is -1.79. The van der Waals surface area contributed by atoms with Crippen molar-refractivity contribution in [2.45, 2.75) is 6.42 Å². The van der Waals surface area contributed by atoms with E-state index in [1.165, 1.54) is 0 Å². The molecule has 0 N–H and O–H groups in total. The van der Waals surface area contributed by atoms with Crippen LogP contribution in [0.2, 0.25) is 0 Å². The summed E-state index contributed by atoms with van der Waals surface area (Å²) in [5.74, 6) is 5.54. The van der Waals surface area contributed by atoms with Gasteiger partial charge in [-0.15, -0.1) is 0 Å². The molecular formula is C9H5BrN2. The van der Waals surface area contributed by atoms with Gasteiger partial charge >= 0.3 is 0 Å². The van der Waals surface area contributed by atoms with Crippen LogP contribution in [0.5, 0.6) is 0 Å². The molecule has 1 rings (SSSR count). The number of rotatable bonds is 0. The van der Waals surface area contributed by atoms with Crippen LogP contribution in [-0.2, 0) is 0 Å². The standard InChI is InChI=1S/C9H5BrN2/c10-9-8(4-1-2-6-11)5-3-7-12-9/h3,5,7H,2H2. The van der Waals surface area contributed by atoms with E-state index in [4.69, 9.17) is 5.26 Å². The van der Waals surface area contributed by atoms with Crippen molar-refractivity contribution < 1.29 is 0 Å². The fourth-order valence-corrected chi connectivity index (χ4v) is 1.01. The molecule has 0 saturated heterocycles. The largest absolute Gasteiger partial charge is 0.248 e. The minimum atomic E-state index is 0.251. The van der Waals surface area contributed by atoms with Gasteiger partial charge < -0.3 is 0 Å². The van der Waals surface area contributed by atoms with E-state index in [0.717, 1.165) is 10.2 Å². The van der Waals surface area contributed by atoms with Gasteiger partial charge in [0.25, 0.3) is 0 Å². The van der Waals surface area contributed by atoms with Crippen LogP contribution in [0.3, 0.4) is 0 Å². The van der Waals surface area contributed by atoms with Gasteiger partial charge in [-0.3, -0.25) is 0 Å². The molecule has 2 nitrogen and oxygen atoms in total. The number of pyridine rings is 1. The Kier molecular flexibility index (Phi) is 3.32. The summed E-state index contributed by atoms with van der Waals surface area (Å²) in [5.41, 5.74) is 0.813. The highest BCUT2D eigenvalue weighted by molar-refractivity contribution is 9.10. The average molecular weight is 221 g/mol.